The van der Waals surface area contributed by atoms with E-state index in [1.54, 1.807) is 6.08 Å². The van der Waals surface area contributed by atoms with Gasteiger partial charge in [0, 0.05) is 22.7 Å². The summed E-state index contributed by atoms with van der Waals surface area (Å²) in [6.07, 6.45) is 4.48. The van der Waals surface area contributed by atoms with Gasteiger partial charge in [-0.2, -0.15) is 15.1 Å². The van der Waals surface area contributed by atoms with Gasteiger partial charge >= 0.3 is 0 Å². The second-order valence-electron chi connectivity index (χ2n) is 7.83. The first-order valence-electron chi connectivity index (χ1n) is 10.8. The largest absolute Gasteiger partial charge is 0.492 e. The standard InChI is InChI=1S/C25H23N5O2S/c1-3-22-28-30-23(26)20(24(31)27-25(30)33-22)14-17-15-29(21-10-5-4-9-19(17)21)11-12-32-18-8-6-7-16(2)13-18/h4-10,13-15,26H,3,11-12H2,1-2H3/b20-14-,26-23?. The highest BCUT2D eigenvalue weighted by Crippen LogP contribution is 2.30. The molecule has 8 heteroatoms. The van der Waals surface area contributed by atoms with Crippen LogP contribution in [0.1, 0.15) is 24.5 Å². The summed E-state index contributed by atoms with van der Waals surface area (Å²) >= 11 is 1.34. The van der Waals surface area contributed by atoms with Crippen LogP contribution in [0.5, 0.6) is 5.75 Å². The third kappa shape index (κ3) is 4.09. The van der Waals surface area contributed by atoms with Crippen molar-refractivity contribution < 1.29 is 9.53 Å². The lowest BCUT2D eigenvalue weighted by atomic mass is 10.1. The highest BCUT2D eigenvalue weighted by molar-refractivity contribution is 8.26. The minimum absolute atomic E-state index is 0.0561. The molecule has 0 saturated carbocycles. The molecule has 0 fully saturated rings. The van der Waals surface area contributed by atoms with Crippen LogP contribution in [-0.4, -0.2) is 38.1 Å². The lowest BCUT2D eigenvalue weighted by Gasteiger charge is -2.20. The summed E-state index contributed by atoms with van der Waals surface area (Å²) in [5.74, 6) is 0.491. The van der Waals surface area contributed by atoms with Crippen molar-refractivity contribution in [3.8, 4) is 5.75 Å². The molecule has 0 spiro atoms. The monoisotopic (exact) mass is 457 g/mol. The number of nitrogens with zero attached hydrogens (tertiary/aromatic N) is 4. The van der Waals surface area contributed by atoms with Gasteiger partial charge < -0.3 is 9.30 Å². The SMILES string of the molecule is CCC1=NN2C(=N)/C(=C/c3cn(CCOc4cccc(C)c4)c4ccccc34)C(=O)N=C2S1. The second-order valence-corrected chi connectivity index (χ2v) is 8.87. The van der Waals surface area contributed by atoms with Crippen molar-refractivity contribution in [2.45, 2.75) is 26.8 Å². The molecule has 166 valence electrons. The van der Waals surface area contributed by atoms with Crippen LogP contribution in [0.15, 0.2) is 70.4 Å². The number of hydrogen-bond acceptors (Lipinski definition) is 5. The van der Waals surface area contributed by atoms with E-state index in [0.717, 1.165) is 39.2 Å². The average Bonchev–Trinajstić information content (AvgIpc) is 3.38. The van der Waals surface area contributed by atoms with E-state index in [1.807, 2.05) is 68.6 Å². The topological polar surface area (TPSA) is 83.0 Å². The first-order valence-corrected chi connectivity index (χ1v) is 11.6. The molecule has 3 heterocycles. The number of rotatable bonds is 6. The van der Waals surface area contributed by atoms with Crippen LogP contribution >= 0.6 is 11.8 Å². The molecule has 0 radical (unpaired) electrons. The number of carbonyl (C=O) groups excluding carboxylic acids is 1. The Labute approximate surface area is 196 Å². The number of amidine groups is 2. The van der Waals surface area contributed by atoms with Gasteiger partial charge in [-0.15, -0.1) is 0 Å². The molecule has 3 aromatic rings. The molecule has 0 unspecified atom stereocenters. The van der Waals surface area contributed by atoms with Gasteiger partial charge in [0.05, 0.1) is 12.1 Å². The number of aryl methyl sites for hydroxylation is 1. The van der Waals surface area contributed by atoms with Gasteiger partial charge in [0.25, 0.3) is 5.91 Å². The number of para-hydroxylation sites is 1. The molecule has 0 atom stereocenters. The summed E-state index contributed by atoms with van der Waals surface area (Å²) in [4.78, 5) is 16.9. The third-order valence-electron chi connectivity index (χ3n) is 5.51. The number of ether oxygens (including phenoxy) is 1. The molecule has 1 aromatic heterocycles. The Kier molecular flexibility index (Phi) is 5.60. The molecule has 0 bridgehead atoms. The van der Waals surface area contributed by atoms with Crippen molar-refractivity contribution in [3.63, 3.8) is 0 Å². The molecule has 2 aliphatic heterocycles. The fourth-order valence-corrected chi connectivity index (χ4v) is 4.70. The average molecular weight is 458 g/mol. The molecule has 0 aliphatic carbocycles. The number of aliphatic imine (C=N–C) groups is 1. The van der Waals surface area contributed by atoms with E-state index in [2.05, 4.69) is 14.7 Å². The van der Waals surface area contributed by atoms with Crippen molar-refractivity contribution in [1.82, 2.24) is 9.58 Å². The predicted molar refractivity (Wildman–Crippen MR) is 134 cm³/mol. The van der Waals surface area contributed by atoms with E-state index in [9.17, 15) is 4.79 Å². The lowest BCUT2D eigenvalue weighted by molar-refractivity contribution is -0.114. The lowest BCUT2D eigenvalue weighted by Crippen LogP contribution is -2.35. The van der Waals surface area contributed by atoms with Crippen LogP contribution in [0.3, 0.4) is 0 Å². The summed E-state index contributed by atoms with van der Waals surface area (Å²) in [6, 6.07) is 16.0. The second kappa shape index (κ2) is 8.71. The van der Waals surface area contributed by atoms with Crippen molar-refractivity contribution in [1.29, 1.82) is 5.41 Å². The van der Waals surface area contributed by atoms with Gasteiger partial charge in [-0.3, -0.25) is 10.2 Å². The molecule has 7 nitrogen and oxygen atoms in total. The number of fused-ring (bicyclic) bond motifs is 2. The summed E-state index contributed by atoms with van der Waals surface area (Å²) in [6.45, 7) is 5.20. The highest BCUT2D eigenvalue weighted by atomic mass is 32.2. The number of hydrogen-bond donors (Lipinski definition) is 1. The van der Waals surface area contributed by atoms with Gasteiger partial charge in [0.1, 0.15) is 17.4 Å². The normalized spacial score (nSPS) is 16.9. The van der Waals surface area contributed by atoms with Crippen LogP contribution in [0.4, 0.5) is 0 Å². The van der Waals surface area contributed by atoms with Gasteiger partial charge in [-0.1, -0.05) is 37.3 Å². The summed E-state index contributed by atoms with van der Waals surface area (Å²) in [7, 11) is 0. The maximum Gasteiger partial charge on any atom is 0.283 e. The Morgan fingerprint density at radius 3 is 2.85 bits per heavy atom. The van der Waals surface area contributed by atoms with Crippen LogP contribution in [0.25, 0.3) is 17.0 Å². The minimum Gasteiger partial charge on any atom is -0.492 e. The molecule has 2 aromatic carbocycles. The van der Waals surface area contributed by atoms with E-state index >= 15 is 0 Å². The maximum absolute atomic E-state index is 12.7. The van der Waals surface area contributed by atoms with Gasteiger partial charge in [0.15, 0.2) is 5.84 Å². The first kappa shape index (κ1) is 21.2. The maximum atomic E-state index is 12.7. The zero-order valence-corrected chi connectivity index (χ0v) is 19.2. The first-order chi connectivity index (χ1) is 16.0. The summed E-state index contributed by atoms with van der Waals surface area (Å²) in [5.41, 5.74) is 3.29. The number of amides is 1. The van der Waals surface area contributed by atoms with E-state index in [0.29, 0.717) is 18.3 Å². The molecular formula is C25H23N5O2S. The number of nitrogens with one attached hydrogen (secondary N) is 1. The fourth-order valence-electron chi connectivity index (χ4n) is 3.87. The fraction of sp³-hybridized carbons (Fsp3) is 0.200. The molecule has 1 N–H and O–H groups in total. The third-order valence-corrected chi connectivity index (χ3v) is 6.56. The molecule has 0 saturated heterocycles. The Morgan fingerprint density at radius 2 is 2.03 bits per heavy atom. The number of thioether (sulfide) groups is 1. The smallest absolute Gasteiger partial charge is 0.283 e. The molecule has 1 amide bonds. The zero-order chi connectivity index (χ0) is 22.9. The Bertz CT molecular complexity index is 1370. The van der Waals surface area contributed by atoms with Crippen LogP contribution < -0.4 is 4.74 Å². The van der Waals surface area contributed by atoms with Crippen LogP contribution in [-0.2, 0) is 11.3 Å². The minimum atomic E-state index is -0.411. The van der Waals surface area contributed by atoms with Gasteiger partial charge in [-0.05, 0) is 54.9 Å². The van der Waals surface area contributed by atoms with Crippen molar-refractivity contribution in [3.05, 3.63) is 71.4 Å². The Hall–Kier alpha value is -3.65. The van der Waals surface area contributed by atoms with Crippen LogP contribution in [0, 0.1) is 12.3 Å². The van der Waals surface area contributed by atoms with Crippen molar-refractivity contribution >= 4 is 50.7 Å². The number of carbonyl (C=O) groups is 1. The Morgan fingerprint density at radius 1 is 1.18 bits per heavy atom. The van der Waals surface area contributed by atoms with E-state index < -0.39 is 5.91 Å². The van der Waals surface area contributed by atoms with E-state index in [1.165, 1.54) is 16.8 Å². The summed E-state index contributed by atoms with van der Waals surface area (Å²) in [5, 5.41) is 16.7. The quantitative estimate of drug-likeness (QED) is 0.525. The Balaban J connectivity index is 1.43. The molecule has 5 rings (SSSR count). The van der Waals surface area contributed by atoms with Gasteiger partial charge in [0.2, 0.25) is 5.17 Å². The molecular weight excluding hydrogens is 434 g/mol. The van der Waals surface area contributed by atoms with Crippen molar-refractivity contribution in [2.75, 3.05) is 6.61 Å². The number of hydrazone groups is 1. The zero-order valence-electron chi connectivity index (χ0n) is 18.4. The molecule has 33 heavy (non-hydrogen) atoms. The van der Waals surface area contributed by atoms with E-state index in [4.69, 9.17) is 10.1 Å². The van der Waals surface area contributed by atoms with Gasteiger partial charge in [-0.25, -0.2) is 0 Å². The van der Waals surface area contributed by atoms with E-state index in [-0.39, 0.29) is 11.4 Å². The molecule has 2 aliphatic rings. The predicted octanol–water partition coefficient (Wildman–Crippen LogP) is 5.06. The highest BCUT2D eigenvalue weighted by Gasteiger charge is 2.35. The number of benzene rings is 2. The number of aromatic nitrogens is 1. The van der Waals surface area contributed by atoms with Crippen molar-refractivity contribution in [2.24, 2.45) is 10.1 Å². The summed E-state index contributed by atoms with van der Waals surface area (Å²) < 4.78 is 8.05. The van der Waals surface area contributed by atoms with Crippen LogP contribution in [0.2, 0.25) is 0 Å².